The average molecular weight is 189 g/mol. The van der Waals surface area contributed by atoms with Crippen LogP contribution in [0.25, 0.3) is 0 Å². The zero-order chi connectivity index (χ0) is 10.1. The third kappa shape index (κ3) is 1.52. The second-order valence-electron chi connectivity index (χ2n) is 4.46. The minimum Gasteiger partial charge on any atom is -0.384 e. The van der Waals surface area contributed by atoms with Gasteiger partial charge in [-0.2, -0.15) is 0 Å². The molecular weight excluding hydrogens is 170 g/mol. The Kier molecular flexibility index (Phi) is 2.49. The second-order valence-corrected chi connectivity index (χ2v) is 4.46. The summed E-state index contributed by atoms with van der Waals surface area (Å²) in [6, 6.07) is 6.74. The normalized spacial score (nSPS) is 21.5. The van der Waals surface area contributed by atoms with Crippen molar-refractivity contribution in [3.05, 3.63) is 29.3 Å². The van der Waals surface area contributed by atoms with Gasteiger partial charge in [-0.3, -0.25) is 0 Å². The van der Waals surface area contributed by atoms with Crippen molar-refractivity contribution in [2.24, 2.45) is 5.92 Å². The van der Waals surface area contributed by atoms with E-state index >= 15 is 0 Å². The number of rotatable bonds is 2. The van der Waals surface area contributed by atoms with Gasteiger partial charge in [0.05, 0.1) is 0 Å². The minimum absolute atomic E-state index is 0.717. The maximum Gasteiger partial charge on any atom is 0.0376 e. The topological polar surface area (TPSA) is 12.0 Å². The first-order valence-corrected chi connectivity index (χ1v) is 5.56. The molecule has 1 aromatic carbocycles. The summed E-state index contributed by atoms with van der Waals surface area (Å²) in [5.74, 6) is 1.50. The molecule has 2 atom stereocenters. The Morgan fingerprint density at radius 2 is 2.29 bits per heavy atom. The number of anilines is 1. The molecule has 0 amide bonds. The average Bonchev–Trinajstić information content (AvgIpc) is 2.59. The van der Waals surface area contributed by atoms with Crippen molar-refractivity contribution in [1.29, 1.82) is 0 Å². The van der Waals surface area contributed by atoms with Crippen LogP contribution in [0.2, 0.25) is 0 Å². The molecule has 0 aromatic heterocycles. The molecule has 0 spiro atoms. The largest absolute Gasteiger partial charge is 0.384 e. The molecule has 0 radical (unpaired) electrons. The Morgan fingerprint density at radius 1 is 1.50 bits per heavy atom. The van der Waals surface area contributed by atoms with E-state index in [9.17, 15) is 0 Å². The molecule has 0 saturated heterocycles. The lowest BCUT2D eigenvalue weighted by Crippen LogP contribution is -2.10. The molecule has 0 aliphatic carbocycles. The van der Waals surface area contributed by atoms with Gasteiger partial charge in [-0.1, -0.05) is 38.0 Å². The first kappa shape index (κ1) is 9.57. The summed E-state index contributed by atoms with van der Waals surface area (Å²) in [6.07, 6.45) is 1.26. The van der Waals surface area contributed by atoms with Gasteiger partial charge in [0, 0.05) is 18.2 Å². The maximum atomic E-state index is 3.49. The van der Waals surface area contributed by atoms with Crippen LogP contribution < -0.4 is 5.32 Å². The number of aryl methyl sites for hydroxylation is 1. The van der Waals surface area contributed by atoms with E-state index in [1.165, 1.54) is 23.2 Å². The SMILES string of the molecule is CCC(C)C1CNc2ccc(C)cc21. The van der Waals surface area contributed by atoms with Gasteiger partial charge in [0.2, 0.25) is 0 Å². The number of fused-ring (bicyclic) bond motifs is 1. The Bertz CT molecular complexity index is 330. The van der Waals surface area contributed by atoms with Crippen LogP contribution in [-0.4, -0.2) is 6.54 Å². The highest BCUT2D eigenvalue weighted by Gasteiger charge is 2.25. The molecule has 0 saturated carbocycles. The number of benzene rings is 1. The van der Waals surface area contributed by atoms with Gasteiger partial charge in [-0.25, -0.2) is 0 Å². The molecule has 0 fully saturated rings. The van der Waals surface area contributed by atoms with E-state index in [0.717, 1.165) is 18.4 Å². The summed E-state index contributed by atoms with van der Waals surface area (Å²) in [7, 11) is 0. The monoisotopic (exact) mass is 189 g/mol. The molecule has 1 aromatic rings. The van der Waals surface area contributed by atoms with Crippen molar-refractivity contribution >= 4 is 5.69 Å². The summed E-state index contributed by atoms with van der Waals surface area (Å²) in [5, 5.41) is 3.49. The summed E-state index contributed by atoms with van der Waals surface area (Å²) in [5.41, 5.74) is 4.25. The highest BCUT2D eigenvalue weighted by Crippen LogP contribution is 2.37. The molecule has 1 heterocycles. The Morgan fingerprint density at radius 3 is 3.00 bits per heavy atom. The van der Waals surface area contributed by atoms with Crippen LogP contribution in [0.3, 0.4) is 0 Å². The van der Waals surface area contributed by atoms with E-state index in [4.69, 9.17) is 0 Å². The molecule has 1 N–H and O–H groups in total. The van der Waals surface area contributed by atoms with Crippen molar-refractivity contribution in [1.82, 2.24) is 0 Å². The van der Waals surface area contributed by atoms with E-state index in [0.29, 0.717) is 0 Å². The first-order valence-electron chi connectivity index (χ1n) is 5.56. The van der Waals surface area contributed by atoms with Crippen molar-refractivity contribution in [2.75, 3.05) is 11.9 Å². The summed E-state index contributed by atoms with van der Waals surface area (Å²) in [4.78, 5) is 0. The lowest BCUT2D eigenvalue weighted by molar-refractivity contribution is 0.472. The molecule has 76 valence electrons. The highest BCUT2D eigenvalue weighted by molar-refractivity contribution is 5.59. The van der Waals surface area contributed by atoms with E-state index in [-0.39, 0.29) is 0 Å². The van der Waals surface area contributed by atoms with Gasteiger partial charge in [0.15, 0.2) is 0 Å². The van der Waals surface area contributed by atoms with Crippen LogP contribution in [0.15, 0.2) is 18.2 Å². The maximum absolute atomic E-state index is 3.49. The fraction of sp³-hybridized carbons (Fsp3) is 0.538. The zero-order valence-electron chi connectivity index (χ0n) is 9.30. The Balaban J connectivity index is 2.33. The van der Waals surface area contributed by atoms with E-state index < -0.39 is 0 Å². The van der Waals surface area contributed by atoms with E-state index in [1.54, 1.807) is 0 Å². The van der Waals surface area contributed by atoms with Crippen LogP contribution in [0.1, 0.15) is 37.3 Å². The van der Waals surface area contributed by atoms with E-state index in [1.807, 2.05) is 0 Å². The lowest BCUT2D eigenvalue weighted by Gasteiger charge is -2.17. The molecule has 0 bridgehead atoms. The highest BCUT2D eigenvalue weighted by atomic mass is 14.9. The predicted octanol–water partition coefficient (Wildman–Crippen LogP) is 3.55. The summed E-state index contributed by atoms with van der Waals surface area (Å²) < 4.78 is 0. The summed E-state index contributed by atoms with van der Waals surface area (Å²) >= 11 is 0. The lowest BCUT2D eigenvalue weighted by atomic mass is 9.87. The smallest absolute Gasteiger partial charge is 0.0376 e. The van der Waals surface area contributed by atoms with Crippen molar-refractivity contribution in [3.63, 3.8) is 0 Å². The quantitative estimate of drug-likeness (QED) is 0.750. The van der Waals surface area contributed by atoms with Crippen molar-refractivity contribution < 1.29 is 0 Å². The first-order chi connectivity index (χ1) is 6.72. The predicted molar refractivity (Wildman–Crippen MR) is 61.9 cm³/mol. The Hall–Kier alpha value is -0.980. The molecular formula is C13H19N. The van der Waals surface area contributed by atoms with Crippen LogP contribution >= 0.6 is 0 Å². The Labute approximate surface area is 86.5 Å². The van der Waals surface area contributed by atoms with Crippen LogP contribution in [0.4, 0.5) is 5.69 Å². The third-order valence-corrected chi connectivity index (χ3v) is 3.45. The van der Waals surface area contributed by atoms with Crippen LogP contribution in [0, 0.1) is 12.8 Å². The van der Waals surface area contributed by atoms with Crippen molar-refractivity contribution in [2.45, 2.75) is 33.1 Å². The number of hydrogen-bond donors (Lipinski definition) is 1. The van der Waals surface area contributed by atoms with Crippen molar-refractivity contribution in [3.8, 4) is 0 Å². The molecule has 14 heavy (non-hydrogen) atoms. The molecule has 1 aliphatic heterocycles. The molecule has 1 aliphatic rings. The van der Waals surface area contributed by atoms with Gasteiger partial charge in [-0.05, 0) is 24.5 Å². The third-order valence-electron chi connectivity index (χ3n) is 3.45. The van der Waals surface area contributed by atoms with Gasteiger partial charge >= 0.3 is 0 Å². The fourth-order valence-electron chi connectivity index (χ4n) is 2.27. The molecule has 1 heteroatoms. The van der Waals surface area contributed by atoms with Gasteiger partial charge in [0.25, 0.3) is 0 Å². The minimum atomic E-state index is 0.717. The van der Waals surface area contributed by atoms with E-state index in [2.05, 4.69) is 44.3 Å². The number of nitrogens with one attached hydrogen (secondary N) is 1. The van der Waals surface area contributed by atoms with Gasteiger partial charge < -0.3 is 5.32 Å². The number of hydrogen-bond acceptors (Lipinski definition) is 1. The second kappa shape index (κ2) is 3.64. The fourth-order valence-corrected chi connectivity index (χ4v) is 2.27. The summed E-state index contributed by atoms with van der Waals surface area (Å²) in [6.45, 7) is 7.92. The standard InChI is InChI=1S/C13H19N/c1-4-10(3)12-8-14-13-6-5-9(2)7-11(12)13/h5-7,10,12,14H,4,8H2,1-3H3. The van der Waals surface area contributed by atoms with Crippen LogP contribution in [-0.2, 0) is 0 Å². The van der Waals surface area contributed by atoms with Gasteiger partial charge in [-0.15, -0.1) is 0 Å². The molecule has 2 unspecified atom stereocenters. The molecule has 1 nitrogen and oxygen atoms in total. The van der Waals surface area contributed by atoms with Crippen LogP contribution in [0.5, 0.6) is 0 Å². The van der Waals surface area contributed by atoms with Gasteiger partial charge in [0.1, 0.15) is 0 Å². The molecule has 2 rings (SSSR count). The zero-order valence-corrected chi connectivity index (χ0v) is 9.30.